The first-order valence-electron chi connectivity index (χ1n) is 12.9. The maximum Gasteiger partial charge on any atom is 0.374 e. The number of carbonyl (C=O) groups is 2. The van der Waals surface area contributed by atoms with E-state index in [1.807, 2.05) is 37.3 Å². The number of esters is 2. The molecular formula is C29H36O7. The number of hydrogen-bond donors (Lipinski definition) is 0. The molecule has 2 bridgehead atoms. The van der Waals surface area contributed by atoms with Crippen molar-refractivity contribution in [2.45, 2.75) is 90.0 Å². The number of fused-ring (bicyclic) bond motifs is 1. The fourth-order valence-electron chi connectivity index (χ4n) is 7.20. The maximum atomic E-state index is 13.1. The molecule has 1 saturated heterocycles. The Morgan fingerprint density at radius 3 is 2.42 bits per heavy atom. The molecule has 7 heteroatoms. The van der Waals surface area contributed by atoms with Crippen LogP contribution in [-0.2, 0) is 30.3 Å². The van der Waals surface area contributed by atoms with Crippen LogP contribution < -0.4 is 0 Å². The first-order chi connectivity index (χ1) is 17.1. The molecule has 0 amide bonds. The van der Waals surface area contributed by atoms with Gasteiger partial charge in [-0.3, -0.25) is 4.79 Å². The number of rotatable bonds is 6. The van der Waals surface area contributed by atoms with Crippen molar-refractivity contribution in [3.05, 3.63) is 60.1 Å². The van der Waals surface area contributed by atoms with Gasteiger partial charge < -0.3 is 23.4 Å². The third kappa shape index (κ3) is 3.79. The third-order valence-corrected chi connectivity index (χ3v) is 8.91. The molecule has 1 spiro atoms. The van der Waals surface area contributed by atoms with Gasteiger partial charge in [-0.05, 0) is 63.6 Å². The molecule has 2 saturated carbocycles. The minimum Gasteiger partial charge on any atom is -0.462 e. The lowest BCUT2D eigenvalue weighted by Crippen LogP contribution is -2.73. The first-order valence-corrected chi connectivity index (χ1v) is 12.9. The van der Waals surface area contributed by atoms with E-state index in [1.165, 1.54) is 13.2 Å². The Kier molecular flexibility index (Phi) is 6.28. The number of ether oxygens (including phenoxy) is 4. The average Bonchev–Trinajstić information content (AvgIpc) is 3.43. The predicted molar refractivity (Wildman–Crippen MR) is 131 cm³/mol. The summed E-state index contributed by atoms with van der Waals surface area (Å²) in [5, 5.41) is 0. The van der Waals surface area contributed by atoms with Crippen LogP contribution in [-0.4, -0.2) is 41.5 Å². The Morgan fingerprint density at radius 2 is 1.75 bits per heavy atom. The summed E-state index contributed by atoms with van der Waals surface area (Å²) in [5.74, 6) is -0.674. The van der Waals surface area contributed by atoms with Crippen LogP contribution in [0.2, 0.25) is 0 Å². The average molecular weight is 497 g/mol. The molecule has 36 heavy (non-hydrogen) atoms. The zero-order valence-corrected chi connectivity index (χ0v) is 21.7. The Labute approximate surface area is 212 Å². The summed E-state index contributed by atoms with van der Waals surface area (Å²) < 4.78 is 31.3. The standard InChI is InChI=1S/C29H36O7/c1-18-13-14-23(34-19(2)30)28(5)24(35-26(31)22-12-9-15-32-22)16-21-25(29(18,28)36-27(21,3)4)33-17-20-10-7-6-8-11-20/h6-12,15,18,21,23-25H,13-14,16-17H2,1-5H3/t18-,21-,23+,24+,25+,28+,29-/m1/s1. The van der Waals surface area contributed by atoms with Gasteiger partial charge in [0.15, 0.2) is 0 Å². The van der Waals surface area contributed by atoms with E-state index in [0.29, 0.717) is 19.4 Å². The lowest BCUT2D eigenvalue weighted by atomic mass is 9.49. The molecule has 7 nitrogen and oxygen atoms in total. The summed E-state index contributed by atoms with van der Waals surface area (Å²) in [6.45, 7) is 10.3. The van der Waals surface area contributed by atoms with Gasteiger partial charge in [0.2, 0.25) is 5.76 Å². The van der Waals surface area contributed by atoms with Crippen molar-refractivity contribution in [1.82, 2.24) is 0 Å². The minimum atomic E-state index is -0.829. The third-order valence-electron chi connectivity index (χ3n) is 8.91. The second kappa shape index (κ2) is 9.03. The summed E-state index contributed by atoms with van der Waals surface area (Å²) in [5.41, 5.74) is -1.09. The molecule has 3 aliphatic rings. The van der Waals surface area contributed by atoms with Gasteiger partial charge in [-0.25, -0.2) is 4.79 Å². The molecule has 1 aromatic carbocycles. The van der Waals surface area contributed by atoms with Crippen molar-refractivity contribution in [2.75, 3.05) is 0 Å². The van der Waals surface area contributed by atoms with Crippen LogP contribution in [0.5, 0.6) is 0 Å². The van der Waals surface area contributed by atoms with Crippen molar-refractivity contribution < 1.29 is 33.0 Å². The molecule has 2 aliphatic carbocycles. The summed E-state index contributed by atoms with van der Waals surface area (Å²) >= 11 is 0. The predicted octanol–water partition coefficient (Wildman–Crippen LogP) is 5.33. The fraction of sp³-hybridized carbons (Fsp3) is 0.586. The van der Waals surface area contributed by atoms with Crippen molar-refractivity contribution in [2.24, 2.45) is 17.3 Å². The van der Waals surface area contributed by atoms with Crippen molar-refractivity contribution in [3.63, 3.8) is 0 Å². The molecule has 2 heterocycles. The topological polar surface area (TPSA) is 84.2 Å². The summed E-state index contributed by atoms with van der Waals surface area (Å²) in [6.07, 6.45) is 2.15. The quantitative estimate of drug-likeness (QED) is 0.500. The monoisotopic (exact) mass is 496 g/mol. The number of carbonyl (C=O) groups excluding carboxylic acids is 2. The summed E-state index contributed by atoms with van der Waals surface area (Å²) in [4.78, 5) is 25.3. The molecule has 0 unspecified atom stereocenters. The lowest BCUT2D eigenvalue weighted by molar-refractivity contribution is -0.290. The van der Waals surface area contributed by atoms with Gasteiger partial charge >= 0.3 is 11.9 Å². The molecule has 1 aliphatic heterocycles. The Balaban J connectivity index is 1.58. The van der Waals surface area contributed by atoms with Crippen LogP contribution >= 0.6 is 0 Å². The Morgan fingerprint density at radius 1 is 1.00 bits per heavy atom. The highest BCUT2D eigenvalue weighted by Gasteiger charge is 2.78. The van der Waals surface area contributed by atoms with Gasteiger partial charge in [0.1, 0.15) is 17.8 Å². The summed E-state index contributed by atoms with van der Waals surface area (Å²) in [6, 6.07) is 13.3. The first kappa shape index (κ1) is 25.0. The maximum absolute atomic E-state index is 13.1. The Bertz CT molecular complexity index is 1090. The normalized spacial score (nSPS) is 36.6. The summed E-state index contributed by atoms with van der Waals surface area (Å²) in [7, 11) is 0. The van der Waals surface area contributed by atoms with E-state index >= 15 is 0 Å². The van der Waals surface area contributed by atoms with Crippen molar-refractivity contribution in [1.29, 1.82) is 0 Å². The second-order valence-corrected chi connectivity index (χ2v) is 11.3. The molecule has 5 rings (SSSR count). The fourth-order valence-corrected chi connectivity index (χ4v) is 7.20. The largest absolute Gasteiger partial charge is 0.462 e. The lowest BCUT2D eigenvalue weighted by Gasteiger charge is -2.62. The van der Waals surface area contributed by atoms with Gasteiger partial charge in [0.25, 0.3) is 0 Å². The zero-order chi connectivity index (χ0) is 25.7. The number of furan rings is 1. The van der Waals surface area contributed by atoms with Crippen LogP contribution in [0, 0.1) is 17.3 Å². The van der Waals surface area contributed by atoms with E-state index in [9.17, 15) is 9.59 Å². The van der Waals surface area contributed by atoms with Crippen molar-refractivity contribution >= 4 is 11.9 Å². The zero-order valence-electron chi connectivity index (χ0n) is 21.7. The van der Waals surface area contributed by atoms with Gasteiger partial charge in [-0.15, -0.1) is 0 Å². The molecule has 7 atom stereocenters. The van der Waals surface area contributed by atoms with E-state index in [-0.39, 0.29) is 29.7 Å². The van der Waals surface area contributed by atoms with Crippen LogP contribution in [0.25, 0.3) is 0 Å². The van der Waals surface area contributed by atoms with Crippen LogP contribution in [0.1, 0.15) is 70.0 Å². The molecule has 3 fully saturated rings. The molecular weight excluding hydrogens is 460 g/mol. The van der Waals surface area contributed by atoms with E-state index in [4.69, 9.17) is 23.4 Å². The highest BCUT2D eigenvalue weighted by Crippen LogP contribution is 2.67. The molecule has 0 radical (unpaired) electrons. The van der Waals surface area contributed by atoms with Crippen molar-refractivity contribution in [3.8, 4) is 0 Å². The highest BCUT2D eigenvalue weighted by molar-refractivity contribution is 5.86. The number of hydrogen-bond acceptors (Lipinski definition) is 7. The van der Waals surface area contributed by atoms with Gasteiger partial charge in [0.05, 0.1) is 30.0 Å². The number of benzene rings is 1. The SMILES string of the molecule is CC(=O)O[C@H]1CC[C@@H](C)[C@]23OC(C)(C)[C@H](C[C@H](OC(=O)c4ccco4)[C@]12C)[C@@H]3OCc1ccccc1. The van der Waals surface area contributed by atoms with E-state index in [2.05, 4.69) is 20.8 Å². The van der Waals surface area contributed by atoms with Crippen LogP contribution in [0.15, 0.2) is 53.1 Å². The molecule has 2 aromatic rings. The molecule has 194 valence electrons. The smallest absolute Gasteiger partial charge is 0.374 e. The minimum absolute atomic E-state index is 0.0257. The highest BCUT2D eigenvalue weighted by atomic mass is 16.6. The van der Waals surface area contributed by atoms with Gasteiger partial charge in [-0.1, -0.05) is 37.3 Å². The Hall–Kier alpha value is -2.64. The van der Waals surface area contributed by atoms with Gasteiger partial charge in [-0.2, -0.15) is 0 Å². The van der Waals surface area contributed by atoms with Crippen LogP contribution in [0.4, 0.5) is 0 Å². The van der Waals surface area contributed by atoms with Crippen LogP contribution in [0.3, 0.4) is 0 Å². The van der Waals surface area contributed by atoms with E-state index in [1.54, 1.807) is 12.1 Å². The van der Waals surface area contributed by atoms with E-state index in [0.717, 1.165) is 12.0 Å². The van der Waals surface area contributed by atoms with Gasteiger partial charge in [0, 0.05) is 12.8 Å². The molecule has 1 aromatic heterocycles. The van der Waals surface area contributed by atoms with E-state index < -0.39 is 34.8 Å². The molecule has 0 N–H and O–H groups in total. The second-order valence-electron chi connectivity index (χ2n) is 11.3.